The summed E-state index contributed by atoms with van der Waals surface area (Å²) in [5, 5.41) is 2.20. The van der Waals surface area contributed by atoms with Crippen LogP contribution < -0.4 is 0 Å². The summed E-state index contributed by atoms with van der Waals surface area (Å²) < 4.78 is 10.7. The van der Waals surface area contributed by atoms with E-state index in [-0.39, 0.29) is 5.78 Å². The number of methoxy groups -OCH3 is 2. The molecule has 0 N–H and O–H groups in total. The number of ketones is 1. The second-order valence-corrected chi connectivity index (χ2v) is 5.44. The third kappa shape index (κ3) is 1.57. The van der Waals surface area contributed by atoms with Crippen molar-refractivity contribution in [3.05, 3.63) is 47.0 Å². The molecule has 0 radical (unpaired) electrons. The molecule has 0 aromatic heterocycles. The van der Waals surface area contributed by atoms with Crippen molar-refractivity contribution in [2.75, 3.05) is 27.4 Å². The normalized spacial score (nSPS) is 16.1. The Morgan fingerprint density at radius 2 is 1.75 bits per heavy atom. The van der Waals surface area contributed by atoms with Gasteiger partial charge in [-0.05, 0) is 28.8 Å². The van der Waals surface area contributed by atoms with Crippen molar-refractivity contribution in [3.8, 4) is 0 Å². The number of benzene rings is 2. The Bertz CT molecular complexity index is 682. The smallest absolute Gasteiger partial charge is 0.178 e. The number of hydrogen-bond acceptors (Lipinski definition) is 3. The molecule has 0 heterocycles. The number of hydrogen-bond donors (Lipinski definition) is 0. The summed E-state index contributed by atoms with van der Waals surface area (Å²) in [6, 6.07) is 10.0. The molecule has 3 rings (SSSR count). The molecule has 20 heavy (non-hydrogen) atoms. The number of ether oxygens (including phenoxy) is 2. The minimum absolute atomic E-state index is 0.104. The summed E-state index contributed by atoms with van der Waals surface area (Å²) in [5.41, 5.74) is 2.29. The van der Waals surface area contributed by atoms with Crippen LogP contribution in [0.4, 0.5) is 0 Å². The predicted molar refractivity (Wildman–Crippen MR) is 78.4 cm³/mol. The van der Waals surface area contributed by atoms with Gasteiger partial charge in [-0.25, -0.2) is 0 Å². The Morgan fingerprint density at radius 1 is 1.05 bits per heavy atom. The minimum Gasteiger partial charge on any atom is -0.383 e. The molecule has 1 aliphatic carbocycles. The van der Waals surface area contributed by atoms with Gasteiger partial charge in [-0.1, -0.05) is 30.3 Å². The quantitative estimate of drug-likeness (QED) is 0.857. The van der Waals surface area contributed by atoms with Crippen molar-refractivity contribution in [1.29, 1.82) is 0 Å². The molecule has 1 aliphatic rings. The summed E-state index contributed by atoms with van der Waals surface area (Å²) in [6.45, 7) is 2.75. The average Bonchev–Trinajstić information content (AvgIpc) is 2.68. The van der Waals surface area contributed by atoms with E-state index in [2.05, 4.69) is 19.1 Å². The first-order valence-electron chi connectivity index (χ1n) is 6.71. The molecule has 0 fully saturated rings. The van der Waals surface area contributed by atoms with E-state index in [0.29, 0.717) is 13.2 Å². The van der Waals surface area contributed by atoms with Crippen LogP contribution >= 0.6 is 0 Å². The third-order valence-electron chi connectivity index (χ3n) is 4.23. The largest absolute Gasteiger partial charge is 0.383 e. The minimum atomic E-state index is -0.709. The fraction of sp³-hybridized carbons (Fsp3) is 0.353. The molecule has 0 saturated carbocycles. The molecule has 3 heteroatoms. The molecule has 3 nitrogen and oxygen atoms in total. The van der Waals surface area contributed by atoms with Crippen LogP contribution in [0.1, 0.15) is 21.5 Å². The lowest BCUT2D eigenvalue weighted by Crippen LogP contribution is -2.41. The van der Waals surface area contributed by atoms with Crippen LogP contribution in [0.3, 0.4) is 0 Å². The molecule has 0 spiro atoms. The predicted octanol–water partition coefficient (Wildman–Crippen LogP) is 2.88. The molecular formula is C17H18O3. The Hall–Kier alpha value is -1.71. The van der Waals surface area contributed by atoms with E-state index in [1.165, 1.54) is 5.56 Å². The highest BCUT2D eigenvalue weighted by Gasteiger charge is 2.47. The molecule has 0 aliphatic heterocycles. The molecule has 0 atom stereocenters. The lowest BCUT2D eigenvalue weighted by molar-refractivity contribution is 0.0482. The van der Waals surface area contributed by atoms with E-state index in [1.54, 1.807) is 14.2 Å². The lowest BCUT2D eigenvalue weighted by Gasteiger charge is -2.27. The van der Waals surface area contributed by atoms with Gasteiger partial charge >= 0.3 is 0 Å². The maximum absolute atomic E-state index is 12.9. The standard InChI is InChI=1S/C17H18O3/c1-11-7-8-14-15-12(11)5-4-6-13(15)16(18)17(14,9-19-2)10-20-3/h4-8H,9-10H2,1-3H3. The monoisotopic (exact) mass is 270 g/mol. The molecule has 104 valence electrons. The first kappa shape index (κ1) is 13.3. The molecule has 0 saturated heterocycles. The topological polar surface area (TPSA) is 35.5 Å². The molecule has 0 unspecified atom stereocenters. The second kappa shape index (κ2) is 4.69. The zero-order valence-electron chi connectivity index (χ0n) is 12.0. The Balaban J connectivity index is 2.35. The zero-order valence-corrected chi connectivity index (χ0v) is 12.0. The van der Waals surface area contributed by atoms with Crippen LogP contribution in [-0.4, -0.2) is 33.2 Å². The van der Waals surface area contributed by atoms with Crippen LogP contribution in [0.25, 0.3) is 10.8 Å². The zero-order chi connectivity index (χ0) is 14.3. The van der Waals surface area contributed by atoms with Crippen LogP contribution in [0.5, 0.6) is 0 Å². The van der Waals surface area contributed by atoms with Gasteiger partial charge in [-0.2, -0.15) is 0 Å². The summed E-state index contributed by atoms with van der Waals surface area (Å²) in [4.78, 5) is 12.9. The Kier molecular flexibility index (Phi) is 3.11. The fourth-order valence-electron chi connectivity index (χ4n) is 3.34. The van der Waals surface area contributed by atoms with Crippen molar-refractivity contribution in [1.82, 2.24) is 0 Å². The van der Waals surface area contributed by atoms with Crippen LogP contribution in [-0.2, 0) is 14.9 Å². The van der Waals surface area contributed by atoms with Gasteiger partial charge in [-0.3, -0.25) is 4.79 Å². The van der Waals surface area contributed by atoms with Crippen LogP contribution in [0.15, 0.2) is 30.3 Å². The summed E-state index contributed by atoms with van der Waals surface area (Å²) in [5.74, 6) is 0.104. The van der Waals surface area contributed by atoms with E-state index in [1.807, 2.05) is 18.2 Å². The first-order chi connectivity index (χ1) is 9.65. The van der Waals surface area contributed by atoms with Gasteiger partial charge in [0, 0.05) is 19.8 Å². The molecular weight excluding hydrogens is 252 g/mol. The van der Waals surface area contributed by atoms with Crippen molar-refractivity contribution < 1.29 is 14.3 Å². The van der Waals surface area contributed by atoms with Gasteiger partial charge in [0.1, 0.15) is 5.41 Å². The summed E-state index contributed by atoms with van der Waals surface area (Å²) in [7, 11) is 3.25. The van der Waals surface area contributed by atoms with E-state index in [9.17, 15) is 4.79 Å². The van der Waals surface area contributed by atoms with Gasteiger partial charge < -0.3 is 9.47 Å². The van der Waals surface area contributed by atoms with E-state index in [4.69, 9.17) is 9.47 Å². The summed E-state index contributed by atoms with van der Waals surface area (Å²) in [6.07, 6.45) is 0. The van der Waals surface area contributed by atoms with Crippen molar-refractivity contribution in [2.24, 2.45) is 0 Å². The highest BCUT2D eigenvalue weighted by Crippen LogP contribution is 2.43. The Labute approximate surface area is 118 Å². The number of rotatable bonds is 4. The lowest BCUT2D eigenvalue weighted by atomic mass is 9.81. The van der Waals surface area contributed by atoms with Crippen molar-refractivity contribution in [3.63, 3.8) is 0 Å². The molecule has 2 aromatic rings. The van der Waals surface area contributed by atoms with E-state index < -0.39 is 5.41 Å². The first-order valence-corrected chi connectivity index (χ1v) is 6.71. The third-order valence-corrected chi connectivity index (χ3v) is 4.23. The van der Waals surface area contributed by atoms with Crippen molar-refractivity contribution >= 4 is 16.6 Å². The maximum Gasteiger partial charge on any atom is 0.178 e. The number of Topliss-reactive ketones (excluding diaryl/α,β-unsaturated/α-hetero) is 1. The van der Waals surface area contributed by atoms with E-state index >= 15 is 0 Å². The highest BCUT2D eigenvalue weighted by atomic mass is 16.5. The number of carbonyl (C=O) groups is 1. The van der Waals surface area contributed by atoms with Crippen LogP contribution in [0.2, 0.25) is 0 Å². The second-order valence-electron chi connectivity index (χ2n) is 5.44. The fourth-order valence-corrected chi connectivity index (χ4v) is 3.34. The van der Waals surface area contributed by atoms with Gasteiger partial charge in [-0.15, -0.1) is 0 Å². The van der Waals surface area contributed by atoms with E-state index in [0.717, 1.165) is 21.9 Å². The van der Waals surface area contributed by atoms with Crippen LogP contribution in [0, 0.1) is 6.92 Å². The van der Waals surface area contributed by atoms with Gasteiger partial charge in [0.2, 0.25) is 0 Å². The van der Waals surface area contributed by atoms with Crippen molar-refractivity contribution in [2.45, 2.75) is 12.3 Å². The van der Waals surface area contributed by atoms with Gasteiger partial charge in [0.05, 0.1) is 13.2 Å². The number of carbonyl (C=O) groups excluding carboxylic acids is 1. The Morgan fingerprint density at radius 3 is 2.40 bits per heavy atom. The molecule has 2 aromatic carbocycles. The SMILES string of the molecule is COCC1(COC)C(=O)c2cccc3c(C)ccc1c23. The van der Waals surface area contributed by atoms with Gasteiger partial charge in [0.15, 0.2) is 5.78 Å². The maximum atomic E-state index is 12.9. The molecule has 0 bridgehead atoms. The summed E-state index contributed by atoms with van der Waals surface area (Å²) >= 11 is 0. The van der Waals surface area contributed by atoms with Gasteiger partial charge in [0.25, 0.3) is 0 Å². The molecule has 0 amide bonds. The number of aryl methyl sites for hydroxylation is 1. The highest BCUT2D eigenvalue weighted by molar-refractivity contribution is 6.21. The average molecular weight is 270 g/mol.